The van der Waals surface area contributed by atoms with Crippen LogP contribution in [0.4, 0.5) is 5.69 Å². The fourth-order valence-electron chi connectivity index (χ4n) is 2.99. The zero-order valence-corrected chi connectivity index (χ0v) is 15.3. The first-order chi connectivity index (χ1) is 12.4. The van der Waals surface area contributed by atoms with Crippen molar-refractivity contribution in [3.05, 3.63) is 65.4 Å². The first kappa shape index (κ1) is 17.9. The predicted molar refractivity (Wildman–Crippen MR) is 101 cm³/mol. The van der Waals surface area contributed by atoms with Gasteiger partial charge in [-0.05, 0) is 19.1 Å². The van der Waals surface area contributed by atoms with Crippen molar-refractivity contribution in [1.82, 2.24) is 0 Å². The molecule has 0 saturated heterocycles. The molecule has 0 aliphatic rings. The quantitative estimate of drug-likeness (QED) is 0.671. The van der Waals surface area contributed by atoms with Crippen molar-refractivity contribution in [2.75, 3.05) is 18.9 Å². The molecule has 1 heterocycles. The van der Waals surface area contributed by atoms with E-state index in [2.05, 4.69) is 36.5 Å². The van der Waals surface area contributed by atoms with Crippen LogP contribution in [0, 0.1) is 6.92 Å². The van der Waals surface area contributed by atoms with Gasteiger partial charge in [-0.3, -0.25) is 9.59 Å². The van der Waals surface area contributed by atoms with Gasteiger partial charge in [-0.15, -0.1) is 0 Å². The number of furan rings is 1. The summed E-state index contributed by atoms with van der Waals surface area (Å²) in [5, 5.41) is 3.60. The number of fused-ring (bicyclic) bond motifs is 1. The standard InChI is InChI=1S/C21H22N2O3/c1-14-8-10-16(11-9-14)12-23(3)13-19(25)22-20-17-6-4-5-7-18(17)26-21(20)15(2)24/h4-11H,12-13H2,1-3H3,(H,22,25)/p+1. The highest BCUT2D eigenvalue weighted by Gasteiger charge is 2.20. The summed E-state index contributed by atoms with van der Waals surface area (Å²) >= 11 is 0. The molecule has 0 bridgehead atoms. The number of Topliss-reactive ketones (excluding diaryl/α,β-unsaturated/α-hetero) is 1. The summed E-state index contributed by atoms with van der Waals surface area (Å²) in [7, 11) is 1.97. The van der Waals surface area contributed by atoms with E-state index in [9.17, 15) is 9.59 Å². The van der Waals surface area contributed by atoms with Gasteiger partial charge in [-0.25, -0.2) is 0 Å². The number of hydrogen-bond acceptors (Lipinski definition) is 3. The number of para-hydroxylation sites is 1. The van der Waals surface area contributed by atoms with Crippen LogP contribution >= 0.6 is 0 Å². The summed E-state index contributed by atoms with van der Waals surface area (Å²) in [6.45, 7) is 4.53. The Bertz CT molecular complexity index is 942. The van der Waals surface area contributed by atoms with Crippen LogP contribution in [-0.4, -0.2) is 25.3 Å². The number of quaternary nitrogens is 1. The molecular formula is C21H23N2O3+. The molecule has 0 aliphatic carbocycles. The molecule has 1 aromatic heterocycles. The van der Waals surface area contributed by atoms with E-state index in [1.165, 1.54) is 18.1 Å². The molecule has 1 atom stereocenters. The lowest BCUT2D eigenvalue weighted by atomic mass is 10.1. The molecule has 0 radical (unpaired) electrons. The van der Waals surface area contributed by atoms with Gasteiger partial charge in [-0.1, -0.05) is 42.0 Å². The van der Waals surface area contributed by atoms with E-state index in [0.29, 0.717) is 17.8 Å². The maximum Gasteiger partial charge on any atom is 0.279 e. The Hall–Kier alpha value is -2.92. The number of amides is 1. The van der Waals surface area contributed by atoms with Gasteiger partial charge in [0.2, 0.25) is 0 Å². The highest BCUT2D eigenvalue weighted by molar-refractivity contribution is 6.10. The van der Waals surface area contributed by atoms with Gasteiger partial charge in [0.1, 0.15) is 12.1 Å². The lowest BCUT2D eigenvalue weighted by Crippen LogP contribution is -3.08. The number of hydrogen-bond donors (Lipinski definition) is 2. The molecule has 134 valence electrons. The summed E-state index contributed by atoms with van der Waals surface area (Å²) in [5.41, 5.74) is 3.45. The van der Waals surface area contributed by atoms with Gasteiger partial charge in [0.05, 0.1) is 12.7 Å². The lowest BCUT2D eigenvalue weighted by Gasteiger charge is -2.14. The van der Waals surface area contributed by atoms with E-state index >= 15 is 0 Å². The number of rotatable bonds is 6. The second kappa shape index (κ2) is 7.54. The van der Waals surface area contributed by atoms with Gasteiger partial charge >= 0.3 is 0 Å². The van der Waals surface area contributed by atoms with Crippen molar-refractivity contribution < 1.29 is 18.9 Å². The molecule has 2 aromatic carbocycles. The van der Waals surface area contributed by atoms with E-state index in [1.54, 1.807) is 6.07 Å². The van der Waals surface area contributed by atoms with Crippen LogP contribution in [-0.2, 0) is 11.3 Å². The molecule has 5 nitrogen and oxygen atoms in total. The molecule has 0 aliphatic heterocycles. The van der Waals surface area contributed by atoms with Crippen LogP contribution in [0.2, 0.25) is 0 Å². The molecule has 2 N–H and O–H groups in total. The first-order valence-electron chi connectivity index (χ1n) is 8.63. The first-order valence-corrected chi connectivity index (χ1v) is 8.63. The maximum atomic E-state index is 12.5. The number of carbonyl (C=O) groups is 2. The number of ketones is 1. The third-order valence-electron chi connectivity index (χ3n) is 4.27. The predicted octanol–water partition coefficient (Wildman–Crippen LogP) is 2.60. The third kappa shape index (κ3) is 4.00. The number of benzene rings is 2. The number of carbonyl (C=O) groups excluding carboxylic acids is 2. The van der Waals surface area contributed by atoms with E-state index < -0.39 is 0 Å². The Morgan fingerprint density at radius 1 is 1.08 bits per heavy atom. The average Bonchev–Trinajstić information content (AvgIpc) is 2.96. The molecular weight excluding hydrogens is 328 g/mol. The van der Waals surface area contributed by atoms with Gasteiger partial charge < -0.3 is 14.6 Å². The number of anilines is 1. The minimum Gasteiger partial charge on any atom is -0.451 e. The summed E-state index contributed by atoms with van der Waals surface area (Å²) in [5.74, 6) is -0.170. The molecule has 1 amide bonds. The summed E-state index contributed by atoms with van der Waals surface area (Å²) < 4.78 is 5.60. The fraction of sp³-hybridized carbons (Fsp3) is 0.238. The minimum absolute atomic E-state index is 0.149. The highest BCUT2D eigenvalue weighted by Crippen LogP contribution is 2.30. The Labute approximate surface area is 152 Å². The molecule has 0 saturated carbocycles. The van der Waals surface area contributed by atoms with E-state index in [4.69, 9.17) is 4.42 Å². The second-order valence-electron chi connectivity index (χ2n) is 6.70. The van der Waals surface area contributed by atoms with Crippen molar-refractivity contribution in [1.29, 1.82) is 0 Å². The smallest absolute Gasteiger partial charge is 0.279 e. The van der Waals surface area contributed by atoms with Crippen LogP contribution in [0.15, 0.2) is 52.9 Å². The molecule has 0 spiro atoms. The lowest BCUT2D eigenvalue weighted by molar-refractivity contribution is -0.885. The average molecular weight is 351 g/mol. The zero-order chi connectivity index (χ0) is 18.7. The normalized spacial score (nSPS) is 12.1. The number of nitrogens with one attached hydrogen (secondary N) is 2. The van der Waals surface area contributed by atoms with Gasteiger partial charge in [-0.2, -0.15) is 0 Å². The summed E-state index contributed by atoms with van der Waals surface area (Å²) in [6, 6.07) is 15.6. The van der Waals surface area contributed by atoms with E-state index in [-0.39, 0.29) is 17.5 Å². The second-order valence-corrected chi connectivity index (χ2v) is 6.70. The monoisotopic (exact) mass is 351 g/mol. The van der Waals surface area contributed by atoms with E-state index in [0.717, 1.165) is 16.8 Å². The number of likely N-dealkylation sites (N-methyl/N-ethyl adjacent to an activating group) is 1. The van der Waals surface area contributed by atoms with Gasteiger partial charge in [0, 0.05) is 17.9 Å². The van der Waals surface area contributed by atoms with Crippen LogP contribution in [0.3, 0.4) is 0 Å². The maximum absolute atomic E-state index is 12.5. The molecule has 26 heavy (non-hydrogen) atoms. The van der Waals surface area contributed by atoms with Crippen LogP contribution < -0.4 is 10.2 Å². The Balaban J connectivity index is 1.71. The van der Waals surface area contributed by atoms with Crippen molar-refractivity contribution in [2.24, 2.45) is 0 Å². The van der Waals surface area contributed by atoms with Crippen LogP contribution in [0.5, 0.6) is 0 Å². The molecule has 0 fully saturated rings. The molecule has 3 aromatic rings. The zero-order valence-electron chi connectivity index (χ0n) is 15.3. The Morgan fingerprint density at radius 3 is 2.46 bits per heavy atom. The van der Waals surface area contributed by atoms with Crippen molar-refractivity contribution >= 4 is 28.3 Å². The van der Waals surface area contributed by atoms with Crippen molar-refractivity contribution in [3.8, 4) is 0 Å². The summed E-state index contributed by atoms with van der Waals surface area (Å²) in [4.78, 5) is 25.4. The molecule has 5 heteroatoms. The van der Waals surface area contributed by atoms with E-state index in [1.807, 2.05) is 25.2 Å². The topological polar surface area (TPSA) is 63.8 Å². The Morgan fingerprint density at radius 2 is 1.77 bits per heavy atom. The van der Waals surface area contributed by atoms with Crippen molar-refractivity contribution in [3.63, 3.8) is 0 Å². The largest absolute Gasteiger partial charge is 0.451 e. The van der Waals surface area contributed by atoms with Gasteiger partial charge in [0.15, 0.2) is 18.1 Å². The summed E-state index contributed by atoms with van der Waals surface area (Å²) in [6.07, 6.45) is 0. The fourth-order valence-corrected chi connectivity index (χ4v) is 2.99. The van der Waals surface area contributed by atoms with Crippen LogP contribution in [0.1, 0.15) is 28.6 Å². The number of aryl methyl sites for hydroxylation is 1. The molecule has 3 rings (SSSR count). The third-order valence-corrected chi connectivity index (χ3v) is 4.27. The van der Waals surface area contributed by atoms with Crippen LogP contribution in [0.25, 0.3) is 11.0 Å². The minimum atomic E-state index is -0.211. The van der Waals surface area contributed by atoms with Crippen molar-refractivity contribution in [2.45, 2.75) is 20.4 Å². The molecule has 1 unspecified atom stereocenters. The Kier molecular flexibility index (Phi) is 5.19. The highest BCUT2D eigenvalue weighted by atomic mass is 16.3. The SMILES string of the molecule is CC(=O)c1oc2ccccc2c1NC(=O)C[NH+](C)Cc1ccc(C)cc1. The van der Waals surface area contributed by atoms with Gasteiger partial charge in [0.25, 0.3) is 5.91 Å².